The molecule has 2 fully saturated rings. The normalized spacial score (nSPS) is 20.5. The number of nitriles is 1. The molecule has 2 aromatic heterocycles. The minimum Gasteiger partial charge on any atom is -0.508 e. The van der Waals surface area contributed by atoms with Gasteiger partial charge in [0.25, 0.3) is 11.8 Å². The number of carbonyl (C=O) groups excluding carboxylic acids is 5. The van der Waals surface area contributed by atoms with Crippen LogP contribution in [0.4, 0.5) is 0 Å². The standard InChI is InChI=1S/C52H64N8O7/c1-9-33(28-53)49(64)58-21-18-35(29-58)48(63)57(8)45(31(4)5)47(62)55-43-24-32-22-36(25-37(61)23-32)34-16-17-44-39(26-34)40(46(59(44)11-3)38-14-12-19-54-41(38)10-2)27-52(6,7)30-67-51(66)42-15-13-20-60(56-42)50(43)65/h9,12,14,16-17,19,22-23,25-26,31,35,42-43,45,56,61H,10-11,13,15,18,20-21,24,27,29-30H2,1-8H3,(H,55,62)/b33-9+/t35-,42+,43+,45+/m1/s1. The van der Waals surface area contributed by atoms with Crippen LogP contribution in [-0.2, 0) is 54.5 Å². The maximum absolute atomic E-state index is 14.7. The van der Waals surface area contributed by atoms with Gasteiger partial charge in [0.2, 0.25) is 11.8 Å². The fraction of sp³-hybridized carbons (Fsp3) is 0.481. The van der Waals surface area contributed by atoms with Gasteiger partial charge in [-0.15, -0.1) is 0 Å². The number of ether oxygens (including phenoxy) is 1. The topological polar surface area (TPSA) is 190 Å². The van der Waals surface area contributed by atoms with Crippen molar-refractivity contribution < 1.29 is 33.8 Å². The number of nitrogens with zero attached hydrogens (tertiary/aromatic N) is 6. The van der Waals surface area contributed by atoms with Gasteiger partial charge in [-0.05, 0) is 111 Å². The second-order valence-corrected chi connectivity index (χ2v) is 19.3. The molecule has 0 spiro atoms. The number of phenols is 1. The molecule has 4 amide bonds. The number of nitrogens with one attached hydrogen (secondary N) is 2. The van der Waals surface area contributed by atoms with Crippen LogP contribution in [0.1, 0.15) is 84.5 Å². The molecule has 0 aliphatic carbocycles. The first-order valence-electron chi connectivity index (χ1n) is 23.6. The zero-order valence-corrected chi connectivity index (χ0v) is 40.0. The predicted octanol–water partition coefficient (Wildman–Crippen LogP) is 6.11. The summed E-state index contributed by atoms with van der Waals surface area (Å²) in [5, 5.41) is 26.1. The number of fused-ring (bicyclic) bond motifs is 6. The number of cyclic esters (lactones) is 1. The van der Waals surface area contributed by atoms with Crippen molar-refractivity contribution in [1.82, 2.24) is 35.1 Å². The summed E-state index contributed by atoms with van der Waals surface area (Å²) >= 11 is 0. The van der Waals surface area contributed by atoms with Crippen molar-refractivity contribution in [2.24, 2.45) is 17.3 Å². The van der Waals surface area contributed by atoms with Crippen LogP contribution in [0.5, 0.6) is 5.75 Å². The van der Waals surface area contributed by atoms with Crippen molar-refractivity contribution in [1.29, 1.82) is 5.26 Å². The number of pyridine rings is 1. The van der Waals surface area contributed by atoms with Crippen LogP contribution in [0, 0.1) is 28.6 Å². The minimum atomic E-state index is -1.18. The van der Waals surface area contributed by atoms with Gasteiger partial charge in [-0.2, -0.15) is 5.26 Å². The summed E-state index contributed by atoms with van der Waals surface area (Å²) in [6.07, 6.45) is 5.87. The quantitative estimate of drug-likeness (QED) is 0.100. The Kier molecular flexibility index (Phi) is 14.6. The molecule has 354 valence electrons. The summed E-state index contributed by atoms with van der Waals surface area (Å²) in [6.45, 7) is 15.1. The summed E-state index contributed by atoms with van der Waals surface area (Å²) in [7, 11) is 1.56. The highest BCUT2D eigenvalue weighted by atomic mass is 16.5. The third-order valence-electron chi connectivity index (χ3n) is 13.5. The zero-order chi connectivity index (χ0) is 48.3. The van der Waals surface area contributed by atoms with Gasteiger partial charge in [0.15, 0.2) is 0 Å². The van der Waals surface area contributed by atoms with E-state index in [1.807, 2.05) is 44.3 Å². The van der Waals surface area contributed by atoms with Gasteiger partial charge in [-0.25, -0.2) is 5.43 Å². The molecule has 67 heavy (non-hydrogen) atoms. The number of likely N-dealkylation sites (tertiary alicyclic amines) is 1. The molecule has 3 aliphatic rings. The smallest absolute Gasteiger partial charge is 0.324 e. The summed E-state index contributed by atoms with van der Waals surface area (Å²) in [4.78, 5) is 77.8. The largest absolute Gasteiger partial charge is 0.508 e. The number of amides is 4. The molecule has 0 radical (unpaired) electrons. The first-order valence-corrected chi connectivity index (χ1v) is 23.6. The molecular weight excluding hydrogens is 849 g/mol. The average Bonchev–Trinajstić information content (AvgIpc) is 3.92. The lowest BCUT2D eigenvalue weighted by Gasteiger charge is -2.37. The molecule has 15 nitrogen and oxygen atoms in total. The Labute approximate surface area is 393 Å². The molecule has 3 N–H and O–H groups in total. The molecule has 3 aliphatic heterocycles. The Morgan fingerprint density at radius 3 is 2.57 bits per heavy atom. The third-order valence-corrected chi connectivity index (χ3v) is 13.5. The second kappa shape index (κ2) is 20.1. The molecule has 2 saturated heterocycles. The first kappa shape index (κ1) is 48.4. The van der Waals surface area contributed by atoms with Gasteiger partial charge in [0.1, 0.15) is 35.5 Å². The summed E-state index contributed by atoms with van der Waals surface area (Å²) in [6, 6.07) is 14.5. The Balaban J connectivity index is 1.27. The lowest BCUT2D eigenvalue weighted by atomic mass is 9.84. The number of rotatable bonds is 9. The molecule has 6 bridgehead atoms. The SMILES string of the molecule is C/C=C(\C#N)C(=O)N1CC[C@@H](C(=O)N(C)[C@H](C(=O)N[C@H]2Cc3cc(O)cc(c3)-c3ccc4c(c3)c(c(-c3cccnc3CC)n4CC)CC(C)(C)COC(=O)[C@@H]3CCCN(N3)C2=O)C(C)C)C1. The summed E-state index contributed by atoms with van der Waals surface area (Å²) in [5.74, 6) is -3.27. The van der Waals surface area contributed by atoms with Gasteiger partial charge in [0.05, 0.1) is 18.2 Å². The number of aryl methyl sites for hydroxylation is 2. The highest BCUT2D eigenvalue weighted by molar-refractivity contribution is 5.98. The molecule has 15 heteroatoms. The number of hydrazine groups is 1. The number of benzene rings is 2. The molecule has 4 aromatic rings. The van der Waals surface area contributed by atoms with Crippen molar-refractivity contribution in [3.05, 3.63) is 83.2 Å². The number of likely N-dealkylation sites (N-methyl/N-ethyl adjacent to an activating group) is 1. The van der Waals surface area contributed by atoms with E-state index < -0.39 is 53.1 Å². The Bertz CT molecular complexity index is 2640. The zero-order valence-electron chi connectivity index (χ0n) is 40.0. The van der Waals surface area contributed by atoms with E-state index in [0.29, 0.717) is 44.3 Å². The van der Waals surface area contributed by atoms with E-state index in [-0.39, 0.29) is 49.3 Å². The molecule has 2 aromatic carbocycles. The van der Waals surface area contributed by atoms with Crippen molar-refractivity contribution in [3.8, 4) is 34.2 Å². The third kappa shape index (κ3) is 10.1. The van der Waals surface area contributed by atoms with Crippen LogP contribution in [0.2, 0.25) is 0 Å². The number of hydrogen-bond acceptors (Lipinski definition) is 10. The Morgan fingerprint density at radius 2 is 1.87 bits per heavy atom. The summed E-state index contributed by atoms with van der Waals surface area (Å²) < 4.78 is 8.41. The lowest BCUT2D eigenvalue weighted by molar-refractivity contribution is -0.155. The van der Waals surface area contributed by atoms with Gasteiger partial charge in [-0.3, -0.25) is 34.0 Å². The van der Waals surface area contributed by atoms with Gasteiger partial charge in [-0.1, -0.05) is 52.8 Å². The van der Waals surface area contributed by atoms with Crippen molar-refractivity contribution in [2.75, 3.05) is 33.3 Å². The second-order valence-electron chi connectivity index (χ2n) is 19.3. The maximum Gasteiger partial charge on any atom is 0.324 e. The molecule has 5 heterocycles. The average molecular weight is 913 g/mol. The highest BCUT2D eigenvalue weighted by Crippen LogP contribution is 2.41. The molecule has 0 saturated carbocycles. The fourth-order valence-electron chi connectivity index (χ4n) is 10.1. The number of aromatic hydroxyl groups is 1. The van der Waals surface area contributed by atoms with Crippen LogP contribution in [0.3, 0.4) is 0 Å². The van der Waals surface area contributed by atoms with Crippen LogP contribution < -0.4 is 10.7 Å². The van der Waals surface area contributed by atoms with E-state index in [1.54, 1.807) is 26.1 Å². The fourth-order valence-corrected chi connectivity index (χ4v) is 10.1. The van der Waals surface area contributed by atoms with Gasteiger partial charge >= 0.3 is 5.97 Å². The van der Waals surface area contributed by atoms with E-state index in [9.17, 15) is 34.3 Å². The van der Waals surface area contributed by atoms with E-state index in [1.165, 1.54) is 20.9 Å². The number of aromatic nitrogens is 2. The van der Waals surface area contributed by atoms with Crippen molar-refractivity contribution in [3.63, 3.8) is 0 Å². The van der Waals surface area contributed by atoms with Crippen LogP contribution in [0.25, 0.3) is 33.3 Å². The Hall–Kier alpha value is -6.53. The first-order chi connectivity index (χ1) is 32.0. The highest BCUT2D eigenvalue weighted by Gasteiger charge is 2.41. The number of phenolic OH excluding ortho intramolecular Hbond substituents is 1. The predicted molar refractivity (Wildman–Crippen MR) is 255 cm³/mol. The van der Waals surface area contributed by atoms with Crippen molar-refractivity contribution in [2.45, 2.75) is 112 Å². The van der Waals surface area contributed by atoms with E-state index >= 15 is 0 Å². The van der Waals surface area contributed by atoms with E-state index in [2.05, 4.69) is 61.2 Å². The van der Waals surface area contributed by atoms with Crippen LogP contribution in [0.15, 0.2) is 66.4 Å². The molecule has 4 atom stereocenters. The van der Waals surface area contributed by atoms with Gasteiger partial charge in [0, 0.05) is 73.4 Å². The monoisotopic (exact) mass is 912 g/mol. The minimum absolute atomic E-state index is 0.00250. The molecule has 0 unspecified atom stereocenters. The maximum atomic E-state index is 14.7. The van der Waals surface area contributed by atoms with E-state index in [4.69, 9.17) is 9.72 Å². The van der Waals surface area contributed by atoms with Crippen LogP contribution >= 0.6 is 0 Å². The number of hydrogen-bond donors (Lipinski definition) is 3. The summed E-state index contributed by atoms with van der Waals surface area (Å²) in [5.41, 5.74) is 9.97. The molecular formula is C52H64N8O7. The number of carbonyl (C=O) groups is 5. The molecule has 7 rings (SSSR count). The van der Waals surface area contributed by atoms with Gasteiger partial charge < -0.3 is 29.5 Å². The Morgan fingerprint density at radius 1 is 1.09 bits per heavy atom. The number of allylic oxidation sites excluding steroid dienone is 1. The van der Waals surface area contributed by atoms with E-state index in [0.717, 1.165) is 51.0 Å². The van der Waals surface area contributed by atoms with Crippen LogP contribution in [-0.4, -0.2) is 110 Å². The lowest BCUT2D eigenvalue weighted by Crippen LogP contribution is -2.62. The number of esters is 1. The van der Waals surface area contributed by atoms with Crippen molar-refractivity contribution >= 4 is 40.5 Å².